The number of nitrogens with two attached hydrogens (primary N) is 1. The lowest BCUT2D eigenvalue weighted by Crippen LogP contribution is -2.43. The van der Waals surface area contributed by atoms with E-state index in [0.717, 1.165) is 0 Å². The quantitative estimate of drug-likeness (QED) is 0.659. The molecule has 1 heterocycles. The number of amides is 1. The molecule has 0 aromatic heterocycles. The fourth-order valence-corrected chi connectivity index (χ4v) is 2.18. The van der Waals surface area contributed by atoms with E-state index in [2.05, 4.69) is 0 Å². The smallest absolute Gasteiger partial charge is 0.238 e. The summed E-state index contributed by atoms with van der Waals surface area (Å²) in [5.41, 5.74) is 4.61. The van der Waals surface area contributed by atoms with Gasteiger partial charge in [-0.25, -0.2) is 17.6 Å². The van der Waals surface area contributed by atoms with E-state index >= 15 is 0 Å². The van der Waals surface area contributed by atoms with Gasteiger partial charge in [-0.2, -0.15) is 0 Å². The molecule has 0 bridgehead atoms. The lowest BCUT2D eigenvalue weighted by molar-refractivity contribution is -0.117. The van der Waals surface area contributed by atoms with Crippen LogP contribution in [0.3, 0.4) is 0 Å². The van der Waals surface area contributed by atoms with Crippen LogP contribution < -0.4 is 11.1 Å². The van der Waals surface area contributed by atoms with Gasteiger partial charge in [0, 0.05) is 25.2 Å². The van der Waals surface area contributed by atoms with Crippen molar-refractivity contribution < 1.29 is 22.4 Å². The first kappa shape index (κ1) is 15.7. The minimum absolute atomic E-state index is 0.0801. The topological polar surface area (TPSA) is 58.4 Å². The molecule has 0 radical (unpaired) electrons. The van der Waals surface area contributed by atoms with E-state index in [-0.39, 0.29) is 18.7 Å². The van der Waals surface area contributed by atoms with Crippen molar-refractivity contribution in [3.63, 3.8) is 0 Å². The number of carbonyl (C=O) groups excluding carboxylic acids is 1. The molecule has 1 amide bonds. The van der Waals surface area contributed by atoms with E-state index in [1.807, 2.05) is 5.32 Å². The standard InChI is InChI=1S/C13H15F4N3O/c14-8-5-9(15)12(17)13(11(8)16)19-10(21)6-20-3-1-7(18)2-4-20/h5,7H,1-4,6,18H2,(H,19,21). The molecule has 1 saturated heterocycles. The number of carbonyl (C=O) groups is 1. The molecule has 0 saturated carbocycles. The zero-order chi connectivity index (χ0) is 15.6. The zero-order valence-corrected chi connectivity index (χ0v) is 11.1. The van der Waals surface area contributed by atoms with E-state index < -0.39 is 34.9 Å². The maximum absolute atomic E-state index is 13.4. The van der Waals surface area contributed by atoms with Gasteiger partial charge in [0.25, 0.3) is 0 Å². The third-order valence-electron chi connectivity index (χ3n) is 3.38. The average molecular weight is 305 g/mol. The van der Waals surface area contributed by atoms with Crippen molar-refractivity contribution in [3.8, 4) is 0 Å². The molecule has 0 unspecified atom stereocenters. The predicted molar refractivity (Wildman–Crippen MR) is 68.6 cm³/mol. The van der Waals surface area contributed by atoms with Gasteiger partial charge >= 0.3 is 0 Å². The Balaban J connectivity index is 2.03. The monoisotopic (exact) mass is 305 g/mol. The van der Waals surface area contributed by atoms with E-state index in [4.69, 9.17) is 5.73 Å². The van der Waals surface area contributed by atoms with Gasteiger partial charge in [0.15, 0.2) is 23.3 Å². The first-order valence-corrected chi connectivity index (χ1v) is 6.49. The molecule has 1 fully saturated rings. The number of nitrogens with one attached hydrogen (secondary N) is 1. The number of benzene rings is 1. The first-order chi connectivity index (χ1) is 9.88. The molecule has 4 nitrogen and oxygen atoms in total. The molecule has 116 valence electrons. The van der Waals surface area contributed by atoms with Crippen LogP contribution in [0.2, 0.25) is 0 Å². The van der Waals surface area contributed by atoms with Crippen LogP contribution in [0.1, 0.15) is 12.8 Å². The van der Waals surface area contributed by atoms with E-state index in [0.29, 0.717) is 25.9 Å². The molecular weight excluding hydrogens is 290 g/mol. The molecular formula is C13H15F4N3O. The Morgan fingerprint density at radius 2 is 1.71 bits per heavy atom. The van der Waals surface area contributed by atoms with Crippen LogP contribution in [0.4, 0.5) is 23.2 Å². The Morgan fingerprint density at radius 3 is 2.24 bits per heavy atom. The highest BCUT2D eigenvalue weighted by atomic mass is 19.2. The second-order valence-electron chi connectivity index (χ2n) is 5.00. The number of likely N-dealkylation sites (tertiary alicyclic amines) is 1. The number of hydrogen-bond acceptors (Lipinski definition) is 3. The lowest BCUT2D eigenvalue weighted by Gasteiger charge is -2.29. The van der Waals surface area contributed by atoms with Crippen molar-refractivity contribution >= 4 is 11.6 Å². The molecule has 1 aliphatic heterocycles. The molecule has 2 rings (SSSR count). The third kappa shape index (κ3) is 3.70. The van der Waals surface area contributed by atoms with E-state index in [1.54, 1.807) is 4.90 Å². The Kier molecular flexibility index (Phi) is 4.79. The summed E-state index contributed by atoms with van der Waals surface area (Å²) in [6.07, 6.45) is 1.43. The summed E-state index contributed by atoms with van der Waals surface area (Å²) in [5, 5.41) is 1.88. The molecule has 1 aromatic carbocycles. The minimum atomic E-state index is -1.62. The maximum atomic E-state index is 13.4. The number of anilines is 1. The first-order valence-electron chi connectivity index (χ1n) is 6.49. The largest absolute Gasteiger partial charge is 0.328 e. The Labute approximate surface area is 118 Å². The van der Waals surface area contributed by atoms with Crippen LogP contribution >= 0.6 is 0 Å². The van der Waals surface area contributed by atoms with Gasteiger partial charge < -0.3 is 11.1 Å². The van der Waals surface area contributed by atoms with Gasteiger partial charge in [-0.15, -0.1) is 0 Å². The van der Waals surface area contributed by atoms with Gasteiger partial charge in [-0.3, -0.25) is 9.69 Å². The van der Waals surface area contributed by atoms with Gasteiger partial charge in [0.2, 0.25) is 5.91 Å². The van der Waals surface area contributed by atoms with Crippen LogP contribution in [-0.2, 0) is 4.79 Å². The van der Waals surface area contributed by atoms with Crippen molar-refractivity contribution in [2.24, 2.45) is 5.73 Å². The summed E-state index contributed by atoms with van der Waals surface area (Å²) in [7, 11) is 0. The van der Waals surface area contributed by atoms with Crippen molar-refractivity contribution in [2.75, 3.05) is 25.0 Å². The second-order valence-corrected chi connectivity index (χ2v) is 5.00. The predicted octanol–water partition coefficient (Wildman–Crippen LogP) is 1.60. The third-order valence-corrected chi connectivity index (χ3v) is 3.38. The van der Waals surface area contributed by atoms with Crippen LogP contribution in [0.15, 0.2) is 6.07 Å². The molecule has 21 heavy (non-hydrogen) atoms. The summed E-state index contributed by atoms with van der Waals surface area (Å²) in [6, 6.07) is 0.170. The molecule has 1 aromatic rings. The number of piperidine rings is 1. The molecule has 0 aliphatic carbocycles. The summed E-state index contributed by atoms with van der Waals surface area (Å²) in [5.74, 6) is -7.11. The average Bonchev–Trinajstić information content (AvgIpc) is 2.44. The molecule has 3 N–H and O–H groups in total. The molecule has 0 spiro atoms. The number of rotatable bonds is 3. The molecule has 8 heteroatoms. The number of halogens is 4. The van der Waals surface area contributed by atoms with Crippen LogP contribution in [-0.4, -0.2) is 36.5 Å². The summed E-state index contributed by atoms with van der Waals surface area (Å²) >= 11 is 0. The lowest BCUT2D eigenvalue weighted by atomic mass is 10.1. The molecule has 0 atom stereocenters. The number of nitrogens with zero attached hydrogens (tertiary/aromatic N) is 1. The van der Waals surface area contributed by atoms with E-state index in [9.17, 15) is 22.4 Å². The van der Waals surface area contributed by atoms with Gasteiger partial charge in [-0.1, -0.05) is 0 Å². The Morgan fingerprint density at radius 1 is 1.19 bits per heavy atom. The van der Waals surface area contributed by atoms with E-state index in [1.165, 1.54) is 0 Å². The maximum Gasteiger partial charge on any atom is 0.238 e. The van der Waals surface area contributed by atoms with Crippen molar-refractivity contribution in [1.29, 1.82) is 0 Å². The SMILES string of the molecule is NC1CCN(CC(=O)Nc2c(F)c(F)cc(F)c2F)CC1. The van der Waals surface area contributed by atoms with Gasteiger partial charge in [-0.05, 0) is 12.8 Å². The fourth-order valence-electron chi connectivity index (χ4n) is 2.18. The normalized spacial score (nSPS) is 17.0. The van der Waals surface area contributed by atoms with Crippen molar-refractivity contribution in [2.45, 2.75) is 18.9 Å². The zero-order valence-electron chi connectivity index (χ0n) is 11.1. The van der Waals surface area contributed by atoms with Gasteiger partial charge in [0.1, 0.15) is 5.69 Å². The van der Waals surface area contributed by atoms with Crippen LogP contribution in [0.25, 0.3) is 0 Å². The van der Waals surface area contributed by atoms with Crippen LogP contribution in [0.5, 0.6) is 0 Å². The molecule has 1 aliphatic rings. The highest BCUT2D eigenvalue weighted by molar-refractivity contribution is 5.92. The van der Waals surface area contributed by atoms with Crippen molar-refractivity contribution in [1.82, 2.24) is 4.90 Å². The van der Waals surface area contributed by atoms with Gasteiger partial charge in [0.05, 0.1) is 6.54 Å². The summed E-state index contributed by atoms with van der Waals surface area (Å²) in [6.45, 7) is 1.04. The summed E-state index contributed by atoms with van der Waals surface area (Å²) < 4.78 is 52.8. The minimum Gasteiger partial charge on any atom is -0.328 e. The summed E-state index contributed by atoms with van der Waals surface area (Å²) in [4.78, 5) is 13.5. The highest BCUT2D eigenvalue weighted by Gasteiger charge is 2.23. The van der Waals surface area contributed by atoms with Crippen molar-refractivity contribution in [3.05, 3.63) is 29.3 Å². The Hall–Kier alpha value is -1.67. The second kappa shape index (κ2) is 6.40. The fraction of sp³-hybridized carbons (Fsp3) is 0.462. The van der Waals surface area contributed by atoms with Crippen LogP contribution in [0, 0.1) is 23.3 Å². The Bertz CT molecular complexity index is 518. The number of hydrogen-bond donors (Lipinski definition) is 2. The highest BCUT2D eigenvalue weighted by Crippen LogP contribution is 2.24.